The van der Waals surface area contributed by atoms with Crippen molar-refractivity contribution in [3.05, 3.63) is 27.4 Å². The molecule has 0 radical (unpaired) electrons. The number of imidazole rings is 1. The standard InChI is InChI=1S/C11H12BrN3OS/c12-7-3-4-9-8(6-7)14-11(17)15(9)5-1-2-10(13)16/h3-4,6H,1-2,5H2,(H2,13,16)(H,14,17). The second-order valence-electron chi connectivity index (χ2n) is 3.81. The van der Waals surface area contributed by atoms with E-state index in [1.165, 1.54) is 0 Å². The van der Waals surface area contributed by atoms with Crippen LogP contribution in [0.15, 0.2) is 22.7 Å². The van der Waals surface area contributed by atoms with Crippen LogP contribution < -0.4 is 5.73 Å². The molecule has 3 N–H and O–H groups in total. The van der Waals surface area contributed by atoms with Gasteiger partial charge in [0.15, 0.2) is 4.77 Å². The van der Waals surface area contributed by atoms with Gasteiger partial charge in [-0.15, -0.1) is 0 Å². The van der Waals surface area contributed by atoms with Gasteiger partial charge in [-0.1, -0.05) is 15.9 Å². The number of fused-ring (bicyclic) bond motifs is 1. The first-order valence-corrected chi connectivity index (χ1v) is 6.44. The highest BCUT2D eigenvalue weighted by Gasteiger charge is 2.05. The zero-order valence-electron chi connectivity index (χ0n) is 9.07. The molecule has 17 heavy (non-hydrogen) atoms. The van der Waals surface area contributed by atoms with Crippen LogP contribution >= 0.6 is 28.1 Å². The Hall–Kier alpha value is -1.14. The van der Waals surface area contributed by atoms with E-state index in [2.05, 4.69) is 20.9 Å². The van der Waals surface area contributed by atoms with Crippen LogP contribution in [0, 0.1) is 4.77 Å². The van der Waals surface area contributed by atoms with Gasteiger partial charge in [-0.05, 0) is 36.8 Å². The maximum atomic E-state index is 10.7. The van der Waals surface area contributed by atoms with E-state index in [-0.39, 0.29) is 5.91 Å². The van der Waals surface area contributed by atoms with Gasteiger partial charge in [-0.3, -0.25) is 4.79 Å². The van der Waals surface area contributed by atoms with Gasteiger partial charge in [-0.2, -0.15) is 0 Å². The zero-order chi connectivity index (χ0) is 12.4. The molecule has 4 nitrogen and oxygen atoms in total. The van der Waals surface area contributed by atoms with Crippen LogP contribution in [0.3, 0.4) is 0 Å². The molecule has 2 rings (SSSR count). The van der Waals surface area contributed by atoms with Crippen molar-refractivity contribution in [1.29, 1.82) is 0 Å². The highest BCUT2D eigenvalue weighted by Crippen LogP contribution is 2.19. The molecular weight excluding hydrogens is 302 g/mol. The molecule has 1 amide bonds. The van der Waals surface area contributed by atoms with E-state index in [1.807, 2.05) is 22.8 Å². The number of aryl methyl sites for hydroxylation is 1. The Morgan fingerprint density at radius 1 is 1.53 bits per heavy atom. The number of nitrogens with one attached hydrogen (secondary N) is 1. The van der Waals surface area contributed by atoms with E-state index in [0.29, 0.717) is 24.2 Å². The molecule has 1 aromatic carbocycles. The summed E-state index contributed by atoms with van der Waals surface area (Å²) in [5, 5.41) is 0. The van der Waals surface area contributed by atoms with Gasteiger partial charge in [0, 0.05) is 17.4 Å². The van der Waals surface area contributed by atoms with Gasteiger partial charge in [0.05, 0.1) is 11.0 Å². The third kappa shape index (κ3) is 2.76. The quantitative estimate of drug-likeness (QED) is 0.852. The topological polar surface area (TPSA) is 63.8 Å². The molecule has 6 heteroatoms. The van der Waals surface area contributed by atoms with Gasteiger partial charge in [0.2, 0.25) is 5.91 Å². The third-order valence-corrected chi connectivity index (χ3v) is 3.36. The van der Waals surface area contributed by atoms with Gasteiger partial charge in [0.25, 0.3) is 0 Å². The molecule has 0 spiro atoms. The SMILES string of the molecule is NC(=O)CCCn1c(=S)[nH]c2cc(Br)ccc21. The summed E-state index contributed by atoms with van der Waals surface area (Å²) >= 11 is 8.66. The molecule has 1 aromatic heterocycles. The van der Waals surface area contributed by atoms with Crippen LogP contribution in [0.5, 0.6) is 0 Å². The highest BCUT2D eigenvalue weighted by atomic mass is 79.9. The number of hydrogen-bond donors (Lipinski definition) is 2. The van der Waals surface area contributed by atoms with Crippen LogP contribution in [-0.2, 0) is 11.3 Å². The van der Waals surface area contributed by atoms with E-state index in [9.17, 15) is 4.79 Å². The number of nitrogens with two attached hydrogens (primary N) is 1. The molecule has 0 fully saturated rings. The Morgan fingerprint density at radius 3 is 3.00 bits per heavy atom. The van der Waals surface area contributed by atoms with Gasteiger partial charge in [0.1, 0.15) is 0 Å². The molecule has 90 valence electrons. The lowest BCUT2D eigenvalue weighted by Gasteiger charge is -2.03. The summed E-state index contributed by atoms with van der Waals surface area (Å²) in [6.07, 6.45) is 1.08. The average Bonchev–Trinajstić information content (AvgIpc) is 2.54. The number of aromatic nitrogens is 2. The maximum Gasteiger partial charge on any atom is 0.217 e. The number of aromatic amines is 1. The van der Waals surface area contributed by atoms with Crippen molar-refractivity contribution in [1.82, 2.24) is 9.55 Å². The molecule has 0 saturated carbocycles. The molecule has 0 bridgehead atoms. The molecule has 2 aromatic rings. The number of amides is 1. The Morgan fingerprint density at radius 2 is 2.29 bits per heavy atom. The second-order valence-corrected chi connectivity index (χ2v) is 5.12. The van der Waals surface area contributed by atoms with Crippen molar-refractivity contribution in [3.8, 4) is 0 Å². The smallest absolute Gasteiger partial charge is 0.217 e. The summed E-state index contributed by atoms with van der Waals surface area (Å²) in [4.78, 5) is 13.8. The zero-order valence-corrected chi connectivity index (χ0v) is 11.5. The van der Waals surface area contributed by atoms with Crippen LogP contribution in [0.25, 0.3) is 11.0 Å². The Bertz CT molecular complexity index is 617. The second kappa shape index (κ2) is 5.01. The number of carbonyl (C=O) groups is 1. The monoisotopic (exact) mass is 313 g/mol. The van der Waals surface area contributed by atoms with Crippen LogP contribution in [0.1, 0.15) is 12.8 Å². The number of halogens is 1. The van der Waals surface area contributed by atoms with Crippen LogP contribution in [-0.4, -0.2) is 15.5 Å². The molecule has 0 unspecified atom stereocenters. The molecular formula is C11H12BrN3OS. The number of hydrogen-bond acceptors (Lipinski definition) is 2. The first-order chi connectivity index (χ1) is 8.08. The number of H-pyrrole nitrogens is 1. The fourth-order valence-corrected chi connectivity index (χ4v) is 2.43. The molecule has 0 aliphatic rings. The first-order valence-electron chi connectivity index (χ1n) is 5.24. The van der Waals surface area contributed by atoms with Gasteiger partial charge < -0.3 is 15.3 Å². The van der Waals surface area contributed by atoms with Crippen molar-refractivity contribution in [2.75, 3.05) is 0 Å². The summed E-state index contributed by atoms with van der Waals surface area (Å²) in [6, 6.07) is 5.95. The lowest BCUT2D eigenvalue weighted by atomic mass is 10.3. The largest absolute Gasteiger partial charge is 0.370 e. The third-order valence-electron chi connectivity index (χ3n) is 2.54. The molecule has 0 saturated heterocycles. The fourth-order valence-electron chi connectivity index (χ4n) is 1.77. The van der Waals surface area contributed by atoms with E-state index in [1.54, 1.807) is 0 Å². The Kier molecular flexibility index (Phi) is 3.63. The summed E-state index contributed by atoms with van der Waals surface area (Å²) < 4.78 is 3.66. The molecule has 1 heterocycles. The number of benzene rings is 1. The Balaban J connectivity index is 2.30. The van der Waals surface area contributed by atoms with Crippen molar-refractivity contribution in [2.24, 2.45) is 5.73 Å². The van der Waals surface area contributed by atoms with E-state index in [0.717, 1.165) is 15.5 Å². The number of rotatable bonds is 4. The minimum absolute atomic E-state index is 0.279. The number of carbonyl (C=O) groups excluding carboxylic acids is 1. The van der Waals surface area contributed by atoms with Crippen LogP contribution in [0.4, 0.5) is 0 Å². The van der Waals surface area contributed by atoms with Crippen molar-refractivity contribution in [2.45, 2.75) is 19.4 Å². The lowest BCUT2D eigenvalue weighted by Crippen LogP contribution is -2.11. The summed E-state index contributed by atoms with van der Waals surface area (Å²) in [5.74, 6) is -0.279. The molecule has 0 atom stereocenters. The number of nitrogens with zero attached hydrogens (tertiary/aromatic N) is 1. The van der Waals surface area contributed by atoms with Crippen molar-refractivity contribution in [3.63, 3.8) is 0 Å². The van der Waals surface area contributed by atoms with Gasteiger partial charge >= 0.3 is 0 Å². The Labute approximate surface area is 112 Å². The van der Waals surface area contributed by atoms with E-state index >= 15 is 0 Å². The molecule has 0 aliphatic carbocycles. The summed E-state index contributed by atoms with van der Waals surface area (Å²) in [7, 11) is 0. The maximum absolute atomic E-state index is 10.7. The highest BCUT2D eigenvalue weighted by molar-refractivity contribution is 9.10. The predicted molar refractivity (Wildman–Crippen MR) is 73.3 cm³/mol. The molecule has 0 aliphatic heterocycles. The fraction of sp³-hybridized carbons (Fsp3) is 0.273. The first kappa shape index (κ1) is 12.3. The normalized spacial score (nSPS) is 10.9. The van der Waals surface area contributed by atoms with E-state index < -0.39 is 0 Å². The number of primary amides is 1. The lowest BCUT2D eigenvalue weighted by molar-refractivity contribution is -0.118. The summed E-state index contributed by atoms with van der Waals surface area (Å²) in [6.45, 7) is 0.698. The van der Waals surface area contributed by atoms with Crippen molar-refractivity contribution >= 4 is 45.1 Å². The average molecular weight is 314 g/mol. The van der Waals surface area contributed by atoms with E-state index in [4.69, 9.17) is 18.0 Å². The minimum atomic E-state index is -0.279. The van der Waals surface area contributed by atoms with Gasteiger partial charge in [-0.25, -0.2) is 0 Å². The van der Waals surface area contributed by atoms with Crippen LogP contribution in [0.2, 0.25) is 0 Å². The predicted octanol–water partition coefficient (Wildman–Crippen LogP) is 2.73. The minimum Gasteiger partial charge on any atom is -0.370 e. The van der Waals surface area contributed by atoms with Crippen molar-refractivity contribution < 1.29 is 4.79 Å². The summed E-state index contributed by atoms with van der Waals surface area (Å²) in [5.41, 5.74) is 7.15.